The Bertz CT molecular complexity index is 908. The lowest BCUT2D eigenvalue weighted by molar-refractivity contribution is -0.129. The molecule has 5 heteroatoms. The summed E-state index contributed by atoms with van der Waals surface area (Å²) >= 11 is 0. The van der Waals surface area contributed by atoms with Crippen LogP contribution in [0.3, 0.4) is 0 Å². The van der Waals surface area contributed by atoms with Gasteiger partial charge < -0.3 is 15.2 Å². The van der Waals surface area contributed by atoms with Crippen molar-refractivity contribution in [3.8, 4) is 0 Å². The highest BCUT2D eigenvalue weighted by atomic mass is 16.2. The Labute approximate surface area is 166 Å². The van der Waals surface area contributed by atoms with Crippen LogP contribution in [-0.4, -0.2) is 40.8 Å². The number of amides is 2. The Hall–Kier alpha value is -2.30. The minimum atomic E-state index is 0.0370. The van der Waals surface area contributed by atoms with E-state index in [1.165, 1.54) is 24.0 Å². The number of likely N-dealkylation sites (tertiary alicyclic amines) is 1. The van der Waals surface area contributed by atoms with Gasteiger partial charge in [0, 0.05) is 48.1 Å². The third kappa shape index (κ3) is 3.67. The molecule has 1 aromatic carbocycles. The van der Waals surface area contributed by atoms with Crippen LogP contribution in [0, 0.1) is 26.7 Å². The first-order valence-corrected chi connectivity index (χ1v) is 10.6. The van der Waals surface area contributed by atoms with E-state index < -0.39 is 0 Å². The molecule has 2 heterocycles. The van der Waals surface area contributed by atoms with Crippen LogP contribution in [0.4, 0.5) is 0 Å². The van der Waals surface area contributed by atoms with Gasteiger partial charge in [-0.2, -0.15) is 0 Å². The van der Waals surface area contributed by atoms with Crippen molar-refractivity contribution in [3.63, 3.8) is 0 Å². The molecule has 2 fully saturated rings. The SMILES string of the molecule is Cc1cc(C)c2[nH]c(C)c(CC(=O)NC[C@@H]3CC(=O)N(C4CCCC4)C3)c2c1. The van der Waals surface area contributed by atoms with E-state index in [1.54, 1.807) is 0 Å². The monoisotopic (exact) mass is 381 g/mol. The van der Waals surface area contributed by atoms with Gasteiger partial charge in [-0.3, -0.25) is 9.59 Å². The molecule has 5 nitrogen and oxygen atoms in total. The van der Waals surface area contributed by atoms with Crippen molar-refractivity contribution in [2.24, 2.45) is 5.92 Å². The highest BCUT2D eigenvalue weighted by Crippen LogP contribution is 2.29. The van der Waals surface area contributed by atoms with Crippen molar-refractivity contribution >= 4 is 22.7 Å². The zero-order valence-electron chi connectivity index (χ0n) is 17.2. The number of nitrogens with zero attached hydrogens (tertiary/aromatic N) is 1. The van der Waals surface area contributed by atoms with E-state index in [9.17, 15) is 9.59 Å². The van der Waals surface area contributed by atoms with Gasteiger partial charge in [-0.15, -0.1) is 0 Å². The van der Waals surface area contributed by atoms with E-state index in [4.69, 9.17) is 0 Å². The van der Waals surface area contributed by atoms with E-state index in [0.717, 1.165) is 41.5 Å². The number of hydrogen-bond donors (Lipinski definition) is 2. The van der Waals surface area contributed by atoms with Crippen molar-refractivity contribution in [2.75, 3.05) is 13.1 Å². The average Bonchev–Trinajstić information content (AvgIpc) is 3.35. The fraction of sp³-hybridized carbons (Fsp3) is 0.565. The Kier molecular flexibility index (Phi) is 5.17. The molecule has 2 aromatic rings. The number of hydrogen-bond acceptors (Lipinski definition) is 2. The molecule has 1 saturated carbocycles. The first kappa shape index (κ1) is 19.0. The zero-order valence-corrected chi connectivity index (χ0v) is 17.2. The summed E-state index contributed by atoms with van der Waals surface area (Å²) in [7, 11) is 0. The summed E-state index contributed by atoms with van der Waals surface area (Å²) in [5.74, 6) is 0.546. The minimum absolute atomic E-state index is 0.0370. The van der Waals surface area contributed by atoms with Crippen molar-refractivity contribution in [1.82, 2.24) is 15.2 Å². The predicted octanol–water partition coefficient (Wildman–Crippen LogP) is 3.54. The fourth-order valence-electron chi connectivity index (χ4n) is 5.06. The number of benzene rings is 1. The van der Waals surface area contributed by atoms with E-state index in [2.05, 4.69) is 41.2 Å². The lowest BCUT2D eigenvalue weighted by atomic mass is 10.0. The van der Waals surface area contributed by atoms with Gasteiger partial charge in [0.2, 0.25) is 11.8 Å². The zero-order chi connectivity index (χ0) is 19.8. The van der Waals surface area contributed by atoms with Crippen LogP contribution < -0.4 is 5.32 Å². The first-order chi connectivity index (χ1) is 13.4. The third-order valence-corrected chi connectivity index (χ3v) is 6.50. The van der Waals surface area contributed by atoms with Crippen LogP contribution in [0.15, 0.2) is 12.1 Å². The van der Waals surface area contributed by atoms with Gasteiger partial charge in [-0.25, -0.2) is 0 Å². The molecule has 0 unspecified atom stereocenters. The molecular formula is C23H31N3O2. The number of carbonyl (C=O) groups is 2. The first-order valence-electron chi connectivity index (χ1n) is 10.6. The fourth-order valence-corrected chi connectivity index (χ4v) is 5.06. The van der Waals surface area contributed by atoms with Gasteiger partial charge in [-0.1, -0.05) is 24.5 Å². The van der Waals surface area contributed by atoms with Crippen LogP contribution in [0.25, 0.3) is 10.9 Å². The molecule has 1 aromatic heterocycles. The Morgan fingerprint density at radius 1 is 1.21 bits per heavy atom. The molecule has 1 saturated heterocycles. The van der Waals surface area contributed by atoms with Crippen LogP contribution in [0.1, 0.15) is 54.5 Å². The summed E-state index contributed by atoms with van der Waals surface area (Å²) < 4.78 is 0. The number of aromatic nitrogens is 1. The van der Waals surface area contributed by atoms with E-state index in [-0.39, 0.29) is 17.7 Å². The quantitative estimate of drug-likeness (QED) is 0.832. The number of carbonyl (C=O) groups excluding carboxylic acids is 2. The topological polar surface area (TPSA) is 65.2 Å². The molecule has 2 amide bonds. The molecular weight excluding hydrogens is 350 g/mol. The molecule has 1 atom stereocenters. The summed E-state index contributed by atoms with van der Waals surface area (Å²) in [4.78, 5) is 30.5. The maximum absolute atomic E-state index is 12.6. The molecule has 150 valence electrons. The highest BCUT2D eigenvalue weighted by Gasteiger charge is 2.35. The molecule has 2 N–H and O–H groups in total. The summed E-state index contributed by atoms with van der Waals surface area (Å²) in [6.45, 7) is 7.61. The molecule has 0 bridgehead atoms. The second kappa shape index (κ2) is 7.61. The summed E-state index contributed by atoms with van der Waals surface area (Å²) in [5, 5.41) is 4.23. The molecule has 28 heavy (non-hydrogen) atoms. The van der Waals surface area contributed by atoms with Crippen molar-refractivity contribution < 1.29 is 9.59 Å². The number of aryl methyl sites for hydroxylation is 3. The number of rotatable bonds is 5. The van der Waals surface area contributed by atoms with Gasteiger partial charge >= 0.3 is 0 Å². The summed E-state index contributed by atoms with van der Waals surface area (Å²) in [6.07, 6.45) is 5.70. The number of fused-ring (bicyclic) bond motifs is 1. The summed E-state index contributed by atoms with van der Waals surface area (Å²) in [6, 6.07) is 4.76. The van der Waals surface area contributed by atoms with E-state index in [0.29, 0.717) is 25.4 Å². The van der Waals surface area contributed by atoms with Crippen molar-refractivity contribution in [1.29, 1.82) is 0 Å². The van der Waals surface area contributed by atoms with E-state index >= 15 is 0 Å². The van der Waals surface area contributed by atoms with Gasteiger partial charge in [0.1, 0.15) is 0 Å². The molecule has 1 aliphatic carbocycles. The maximum atomic E-state index is 12.6. The van der Waals surface area contributed by atoms with Crippen LogP contribution in [0.5, 0.6) is 0 Å². The molecule has 0 spiro atoms. The van der Waals surface area contributed by atoms with Crippen LogP contribution >= 0.6 is 0 Å². The van der Waals surface area contributed by atoms with Crippen molar-refractivity contribution in [2.45, 2.75) is 65.3 Å². The summed E-state index contributed by atoms with van der Waals surface area (Å²) in [5.41, 5.74) is 5.68. The van der Waals surface area contributed by atoms with Gasteiger partial charge in [-0.05, 0) is 50.8 Å². The Morgan fingerprint density at radius 2 is 1.96 bits per heavy atom. The average molecular weight is 382 g/mol. The van der Waals surface area contributed by atoms with Gasteiger partial charge in [0.05, 0.1) is 6.42 Å². The smallest absolute Gasteiger partial charge is 0.224 e. The standard InChI is InChI=1S/C23H31N3O2/c1-14-8-15(2)23-20(9-14)19(16(3)25-23)11-21(27)24-12-17-10-22(28)26(13-17)18-6-4-5-7-18/h8-9,17-18,25H,4-7,10-13H2,1-3H3,(H,24,27)/t17-/m0/s1. The predicted molar refractivity (Wildman–Crippen MR) is 111 cm³/mol. The second-order valence-electron chi connectivity index (χ2n) is 8.77. The van der Waals surface area contributed by atoms with Crippen LogP contribution in [-0.2, 0) is 16.0 Å². The lowest BCUT2D eigenvalue weighted by Crippen LogP contribution is -2.36. The normalized spacial score (nSPS) is 20.5. The van der Waals surface area contributed by atoms with Crippen molar-refractivity contribution in [3.05, 3.63) is 34.5 Å². The molecule has 4 rings (SSSR count). The Balaban J connectivity index is 1.37. The van der Waals surface area contributed by atoms with Gasteiger partial charge in [0.25, 0.3) is 0 Å². The minimum Gasteiger partial charge on any atom is -0.358 e. The largest absolute Gasteiger partial charge is 0.358 e. The van der Waals surface area contributed by atoms with Gasteiger partial charge in [0.15, 0.2) is 0 Å². The lowest BCUT2D eigenvalue weighted by Gasteiger charge is -2.24. The highest BCUT2D eigenvalue weighted by molar-refractivity contribution is 5.92. The van der Waals surface area contributed by atoms with Crippen LogP contribution in [0.2, 0.25) is 0 Å². The Morgan fingerprint density at radius 3 is 2.71 bits per heavy atom. The number of nitrogens with one attached hydrogen (secondary N) is 2. The molecule has 2 aliphatic rings. The molecule has 1 aliphatic heterocycles. The second-order valence-corrected chi connectivity index (χ2v) is 8.77. The number of H-pyrrole nitrogens is 1. The van der Waals surface area contributed by atoms with E-state index in [1.807, 2.05) is 6.92 Å². The maximum Gasteiger partial charge on any atom is 0.224 e. The molecule has 0 radical (unpaired) electrons. The number of aromatic amines is 1. The third-order valence-electron chi connectivity index (χ3n) is 6.50.